The van der Waals surface area contributed by atoms with Crippen molar-refractivity contribution in [1.82, 2.24) is 0 Å². The van der Waals surface area contributed by atoms with E-state index in [1.54, 1.807) is 0 Å². The van der Waals surface area contributed by atoms with Crippen molar-refractivity contribution in [3.8, 4) is 0 Å². The van der Waals surface area contributed by atoms with Crippen molar-refractivity contribution in [1.29, 1.82) is 0 Å². The Bertz CT molecular complexity index is 152. The molecular weight excluding hydrogens is 96.1 g/mol. The quantitative estimate of drug-likeness (QED) is 0.455. The maximum absolute atomic E-state index is 7.90. The first-order valence-electron chi connectivity index (χ1n) is 4.71. The highest BCUT2D eigenvalue weighted by Crippen LogP contribution is 2.41. The fraction of sp³-hybridized carbons (Fsp3) is 1.00. The minimum atomic E-state index is -1.16. The molecule has 48 valence electrons. The summed E-state index contributed by atoms with van der Waals surface area (Å²) in [5.74, 6) is -0.601. The SMILES string of the molecule is [2H]C1([2H])CCC([2H])(C)C1(C)C. The van der Waals surface area contributed by atoms with Gasteiger partial charge in [-0.15, -0.1) is 0 Å². The lowest BCUT2D eigenvalue weighted by Gasteiger charge is -2.22. The summed E-state index contributed by atoms with van der Waals surface area (Å²) in [6.45, 7) is 5.54. The molecule has 0 N–H and O–H groups in total. The molecule has 0 radical (unpaired) electrons. The molecule has 1 atom stereocenters. The van der Waals surface area contributed by atoms with Crippen molar-refractivity contribution in [2.45, 2.75) is 40.0 Å². The zero-order chi connectivity index (χ0) is 8.91. The van der Waals surface area contributed by atoms with Crippen molar-refractivity contribution in [3.63, 3.8) is 0 Å². The van der Waals surface area contributed by atoms with E-state index in [0.29, 0.717) is 12.8 Å². The first kappa shape index (κ1) is 3.24. The van der Waals surface area contributed by atoms with Crippen LogP contribution in [0.2, 0.25) is 0 Å². The van der Waals surface area contributed by atoms with E-state index >= 15 is 0 Å². The predicted molar refractivity (Wildman–Crippen MR) is 36.8 cm³/mol. The largest absolute Gasteiger partial charge is 0.0620 e. The van der Waals surface area contributed by atoms with Gasteiger partial charge in [0, 0.05) is 4.11 Å². The van der Waals surface area contributed by atoms with E-state index < -0.39 is 17.7 Å². The van der Waals surface area contributed by atoms with Crippen molar-refractivity contribution >= 4 is 0 Å². The summed E-state index contributed by atoms with van der Waals surface area (Å²) in [5.41, 5.74) is -0.514. The Morgan fingerprint density at radius 1 is 1.75 bits per heavy atom. The molecule has 0 aromatic rings. The summed E-state index contributed by atoms with van der Waals surface area (Å²) in [6, 6.07) is 0. The van der Waals surface area contributed by atoms with Crippen LogP contribution >= 0.6 is 0 Å². The lowest BCUT2D eigenvalue weighted by atomic mass is 9.83. The molecule has 1 unspecified atom stereocenters. The molecule has 1 aliphatic carbocycles. The molecule has 0 aliphatic heterocycles. The number of rotatable bonds is 0. The van der Waals surface area contributed by atoms with Crippen LogP contribution in [0.4, 0.5) is 0 Å². The van der Waals surface area contributed by atoms with Gasteiger partial charge in [-0.05, 0) is 17.7 Å². The summed E-state index contributed by atoms with van der Waals surface area (Å²) in [6.07, 6.45) is 0.0382. The molecule has 0 bridgehead atoms. The molecule has 1 rings (SSSR count). The number of hydrogen-bond donors (Lipinski definition) is 0. The van der Waals surface area contributed by atoms with Gasteiger partial charge in [0.25, 0.3) is 0 Å². The highest BCUT2D eigenvalue weighted by Gasteiger charge is 2.30. The van der Waals surface area contributed by atoms with Gasteiger partial charge in [-0.1, -0.05) is 33.6 Å². The lowest BCUT2D eigenvalue weighted by molar-refractivity contribution is 0.281. The van der Waals surface area contributed by atoms with Gasteiger partial charge < -0.3 is 0 Å². The maximum atomic E-state index is 7.90. The van der Waals surface area contributed by atoms with Crippen LogP contribution in [0.25, 0.3) is 0 Å². The van der Waals surface area contributed by atoms with Gasteiger partial charge in [-0.2, -0.15) is 0 Å². The summed E-state index contributed by atoms with van der Waals surface area (Å²) >= 11 is 0. The minimum absolute atomic E-state index is 0.514. The smallest absolute Gasteiger partial charge is 0.0305 e. The first-order valence-corrected chi connectivity index (χ1v) is 3.21. The van der Waals surface area contributed by atoms with Gasteiger partial charge in [0.15, 0.2) is 0 Å². The third-order valence-corrected chi connectivity index (χ3v) is 2.13. The Kier molecular flexibility index (Phi) is 0.709. The van der Waals surface area contributed by atoms with E-state index in [2.05, 4.69) is 0 Å². The second-order valence-electron chi connectivity index (χ2n) is 3.08. The second-order valence-corrected chi connectivity index (χ2v) is 3.08. The molecule has 0 heterocycles. The highest BCUT2D eigenvalue weighted by atomic mass is 14.4. The van der Waals surface area contributed by atoms with Crippen LogP contribution in [0.15, 0.2) is 0 Å². The van der Waals surface area contributed by atoms with Crippen molar-refractivity contribution in [2.24, 2.45) is 11.3 Å². The van der Waals surface area contributed by atoms with Crippen molar-refractivity contribution in [2.75, 3.05) is 0 Å². The van der Waals surface area contributed by atoms with Crippen LogP contribution < -0.4 is 0 Å². The average Bonchev–Trinajstić information content (AvgIpc) is 1.93. The number of hydrogen-bond acceptors (Lipinski definition) is 0. The van der Waals surface area contributed by atoms with Crippen molar-refractivity contribution in [3.05, 3.63) is 0 Å². The third kappa shape index (κ3) is 0.888. The van der Waals surface area contributed by atoms with E-state index in [1.165, 1.54) is 0 Å². The van der Waals surface area contributed by atoms with E-state index in [1.807, 2.05) is 20.8 Å². The molecule has 0 spiro atoms. The van der Waals surface area contributed by atoms with Gasteiger partial charge in [0.2, 0.25) is 0 Å². The average molecular weight is 115 g/mol. The van der Waals surface area contributed by atoms with Crippen LogP contribution in [-0.2, 0) is 0 Å². The summed E-state index contributed by atoms with van der Waals surface area (Å²) < 4.78 is 23.3. The summed E-state index contributed by atoms with van der Waals surface area (Å²) in [7, 11) is 0. The molecular formula is C8H16. The molecule has 0 nitrogen and oxygen atoms in total. The van der Waals surface area contributed by atoms with Crippen LogP contribution in [-0.4, -0.2) is 0 Å². The molecule has 0 heteroatoms. The van der Waals surface area contributed by atoms with Gasteiger partial charge in [-0.25, -0.2) is 0 Å². The monoisotopic (exact) mass is 115 g/mol. The Morgan fingerprint density at radius 2 is 2.38 bits per heavy atom. The third-order valence-electron chi connectivity index (χ3n) is 2.13. The Hall–Kier alpha value is 0. The van der Waals surface area contributed by atoms with Crippen molar-refractivity contribution < 1.29 is 4.11 Å². The molecule has 0 aromatic carbocycles. The molecule has 0 saturated heterocycles. The minimum Gasteiger partial charge on any atom is -0.0620 e. The molecule has 0 aromatic heterocycles. The van der Waals surface area contributed by atoms with Gasteiger partial charge in [0.05, 0.1) is 0 Å². The summed E-state index contributed by atoms with van der Waals surface area (Å²) in [5, 5.41) is 0. The van der Waals surface area contributed by atoms with Crippen LogP contribution in [0.3, 0.4) is 0 Å². The van der Waals surface area contributed by atoms with Crippen LogP contribution in [0, 0.1) is 11.3 Å². The second kappa shape index (κ2) is 1.75. The first-order chi connectivity index (χ1) is 4.71. The molecule has 8 heavy (non-hydrogen) atoms. The predicted octanol–water partition coefficient (Wildman–Crippen LogP) is 2.83. The van der Waals surface area contributed by atoms with E-state index in [9.17, 15) is 0 Å². The standard InChI is InChI=1S/C8H16/c1-7-5-4-6-8(7,2)3/h7H,4-6H2,1-3H3/i6D2,7D. The van der Waals surface area contributed by atoms with Crippen LogP contribution in [0.1, 0.15) is 44.1 Å². The van der Waals surface area contributed by atoms with E-state index in [0.717, 1.165) is 0 Å². The molecule has 1 saturated carbocycles. The highest BCUT2D eigenvalue weighted by molar-refractivity contribution is 4.81. The summed E-state index contributed by atoms with van der Waals surface area (Å²) in [4.78, 5) is 0. The zero-order valence-electron chi connectivity index (χ0n) is 8.91. The molecule has 1 aliphatic rings. The molecule has 0 amide bonds. The van der Waals surface area contributed by atoms with E-state index in [4.69, 9.17) is 4.11 Å². The van der Waals surface area contributed by atoms with Gasteiger partial charge in [0.1, 0.15) is 0 Å². The Morgan fingerprint density at radius 3 is 2.50 bits per heavy atom. The van der Waals surface area contributed by atoms with E-state index in [-0.39, 0.29) is 0 Å². The molecule has 1 fully saturated rings. The normalized spacial score (nSPS) is 56.6. The van der Waals surface area contributed by atoms with Crippen LogP contribution in [0.5, 0.6) is 0 Å². The topological polar surface area (TPSA) is 0 Å². The Labute approximate surface area is 56.5 Å². The fourth-order valence-electron chi connectivity index (χ4n) is 1.03. The van der Waals surface area contributed by atoms with Gasteiger partial charge >= 0.3 is 0 Å². The maximum Gasteiger partial charge on any atom is 0.0305 e. The zero-order valence-corrected chi connectivity index (χ0v) is 5.91. The van der Waals surface area contributed by atoms with Gasteiger partial charge in [-0.3, -0.25) is 0 Å². The fourth-order valence-corrected chi connectivity index (χ4v) is 1.03. The lowest BCUT2D eigenvalue weighted by Crippen LogP contribution is -2.13. The Balaban J connectivity index is 3.00.